The van der Waals surface area contributed by atoms with Crippen LogP contribution in [0.15, 0.2) is 17.0 Å². The van der Waals surface area contributed by atoms with E-state index in [4.69, 9.17) is 15.2 Å². The van der Waals surface area contributed by atoms with E-state index in [1.807, 2.05) is 13.8 Å². The zero-order chi connectivity index (χ0) is 15.6. The van der Waals surface area contributed by atoms with Crippen molar-refractivity contribution in [1.29, 1.82) is 0 Å². The van der Waals surface area contributed by atoms with Gasteiger partial charge in [0.25, 0.3) is 0 Å². The van der Waals surface area contributed by atoms with Crippen LogP contribution in [-0.2, 0) is 14.8 Å². The fourth-order valence-corrected chi connectivity index (χ4v) is 3.96. The summed E-state index contributed by atoms with van der Waals surface area (Å²) in [5.41, 5.74) is 7.09. The lowest BCUT2D eigenvalue weighted by Crippen LogP contribution is -2.45. The second kappa shape index (κ2) is 6.21. The molecule has 1 aliphatic heterocycles. The normalized spacial score (nSPS) is 20.4. The average molecular weight is 314 g/mol. The Bertz CT molecular complexity index is 616. The molecule has 0 radical (unpaired) electrons. The molecule has 1 aromatic rings. The predicted molar refractivity (Wildman–Crippen MR) is 80.9 cm³/mol. The molecule has 0 amide bonds. The molecule has 6 nitrogen and oxygen atoms in total. The molecule has 2 rings (SSSR count). The molecule has 118 valence electrons. The Morgan fingerprint density at radius 2 is 2.19 bits per heavy atom. The maximum Gasteiger partial charge on any atom is 0.247 e. The Morgan fingerprint density at radius 1 is 1.48 bits per heavy atom. The predicted octanol–water partition coefficient (Wildman–Crippen LogP) is 1.39. The van der Waals surface area contributed by atoms with Gasteiger partial charge in [-0.05, 0) is 31.0 Å². The smallest absolute Gasteiger partial charge is 0.247 e. The number of aryl methyl sites for hydroxylation is 1. The Morgan fingerprint density at radius 3 is 2.81 bits per heavy atom. The van der Waals surface area contributed by atoms with Gasteiger partial charge in [-0.25, -0.2) is 8.42 Å². The summed E-state index contributed by atoms with van der Waals surface area (Å²) in [6.07, 6.45) is 0.710. The van der Waals surface area contributed by atoms with Crippen LogP contribution in [0.25, 0.3) is 0 Å². The van der Waals surface area contributed by atoms with Crippen molar-refractivity contribution in [3.05, 3.63) is 17.7 Å². The summed E-state index contributed by atoms with van der Waals surface area (Å²) in [7, 11) is -2.18. The minimum Gasteiger partial charge on any atom is -0.495 e. The van der Waals surface area contributed by atoms with Crippen LogP contribution < -0.4 is 10.5 Å². The SMILES string of the molecule is CCC1CN(S(=O)(=O)c2cc(N)c(C)cc2OC)CCO1. The lowest BCUT2D eigenvalue weighted by molar-refractivity contribution is -0.00281. The molecule has 21 heavy (non-hydrogen) atoms. The van der Waals surface area contributed by atoms with E-state index < -0.39 is 10.0 Å². The molecule has 0 saturated carbocycles. The van der Waals surface area contributed by atoms with Crippen LogP contribution in [0.3, 0.4) is 0 Å². The Hall–Kier alpha value is -1.31. The van der Waals surface area contributed by atoms with Gasteiger partial charge in [0.05, 0.1) is 19.8 Å². The summed E-state index contributed by atoms with van der Waals surface area (Å²) in [5, 5.41) is 0. The third-order valence-electron chi connectivity index (χ3n) is 3.73. The fourth-order valence-electron chi connectivity index (χ4n) is 2.34. The van der Waals surface area contributed by atoms with Gasteiger partial charge < -0.3 is 15.2 Å². The molecule has 1 unspecified atom stereocenters. The van der Waals surface area contributed by atoms with E-state index in [2.05, 4.69) is 0 Å². The highest BCUT2D eigenvalue weighted by Gasteiger charge is 2.32. The van der Waals surface area contributed by atoms with Gasteiger partial charge in [-0.2, -0.15) is 4.31 Å². The number of rotatable bonds is 4. The van der Waals surface area contributed by atoms with E-state index in [-0.39, 0.29) is 11.0 Å². The third-order valence-corrected chi connectivity index (χ3v) is 5.61. The van der Waals surface area contributed by atoms with Gasteiger partial charge in [-0.15, -0.1) is 0 Å². The Kier molecular flexibility index (Phi) is 4.75. The van der Waals surface area contributed by atoms with Crippen molar-refractivity contribution in [2.75, 3.05) is 32.5 Å². The first-order valence-corrected chi connectivity index (χ1v) is 8.40. The van der Waals surface area contributed by atoms with Crippen molar-refractivity contribution in [2.24, 2.45) is 0 Å². The first-order valence-electron chi connectivity index (χ1n) is 6.96. The van der Waals surface area contributed by atoms with Crippen molar-refractivity contribution in [1.82, 2.24) is 4.31 Å². The number of nitrogens with two attached hydrogens (primary N) is 1. The van der Waals surface area contributed by atoms with Gasteiger partial charge in [0.1, 0.15) is 10.6 Å². The molecule has 0 bridgehead atoms. The highest BCUT2D eigenvalue weighted by Crippen LogP contribution is 2.31. The summed E-state index contributed by atoms with van der Waals surface area (Å²) < 4.78 is 37.8. The molecule has 2 N–H and O–H groups in total. The second-order valence-corrected chi connectivity index (χ2v) is 7.03. The number of ether oxygens (including phenoxy) is 2. The van der Waals surface area contributed by atoms with Crippen molar-refractivity contribution < 1.29 is 17.9 Å². The molecule has 1 aliphatic rings. The molecule has 0 aliphatic carbocycles. The number of hydrogen-bond donors (Lipinski definition) is 1. The molecular formula is C14H22N2O4S. The molecule has 1 heterocycles. The summed E-state index contributed by atoms with van der Waals surface area (Å²) in [6.45, 7) is 4.90. The number of nitrogen functional groups attached to an aromatic ring is 1. The van der Waals surface area contributed by atoms with Crippen molar-refractivity contribution in [3.8, 4) is 5.75 Å². The third kappa shape index (κ3) is 3.14. The van der Waals surface area contributed by atoms with Gasteiger partial charge >= 0.3 is 0 Å². The summed E-state index contributed by atoms with van der Waals surface area (Å²) >= 11 is 0. The molecule has 1 fully saturated rings. The van der Waals surface area contributed by atoms with Crippen LogP contribution in [0.1, 0.15) is 18.9 Å². The van der Waals surface area contributed by atoms with Gasteiger partial charge in [0, 0.05) is 18.8 Å². The lowest BCUT2D eigenvalue weighted by Gasteiger charge is -2.32. The Balaban J connectivity index is 2.41. The van der Waals surface area contributed by atoms with E-state index in [0.717, 1.165) is 12.0 Å². The number of morpholine rings is 1. The van der Waals surface area contributed by atoms with Crippen LogP contribution in [0.2, 0.25) is 0 Å². The van der Waals surface area contributed by atoms with Gasteiger partial charge in [0.15, 0.2) is 0 Å². The average Bonchev–Trinajstić information content (AvgIpc) is 2.49. The van der Waals surface area contributed by atoms with Crippen molar-refractivity contribution >= 4 is 15.7 Å². The van der Waals surface area contributed by atoms with Crippen LogP contribution in [-0.4, -0.2) is 45.6 Å². The maximum absolute atomic E-state index is 12.8. The van der Waals surface area contributed by atoms with E-state index in [1.165, 1.54) is 17.5 Å². The highest BCUT2D eigenvalue weighted by atomic mass is 32.2. The first-order chi connectivity index (χ1) is 9.90. The number of hydrogen-bond acceptors (Lipinski definition) is 5. The molecule has 0 spiro atoms. The maximum atomic E-state index is 12.8. The largest absolute Gasteiger partial charge is 0.495 e. The number of anilines is 1. The summed E-state index contributed by atoms with van der Waals surface area (Å²) in [6, 6.07) is 3.12. The zero-order valence-electron chi connectivity index (χ0n) is 12.6. The number of benzene rings is 1. The van der Waals surface area contributed by atoms with Crippen molar-refractivity contribution in [2.45, 2.75) is 31.3 Å². The van der Waals surface area contributed by atoms with Crippen LogP contribution in [0.4, 0.5) is 5.69 Å². The molecule has 1 atom stereocenters. The summed E-state index contributed by atoms with van der Waals surface area (Å²) in [5.74, 6) is 0.321. The van der Waals surface area contributed by atoms with Gasteiger partial charge in [0.2, 0.25) is 10.0 Å². The van der Waals surface area contributed by atoms with E-state index in [0.29, 0.717) is 31.1 Å². The number of methoxy groups -OCH3 is 1. The summed E-state index contributed by atoms with van der Waals surface area (Å²) in [4.78, 5) is 0.116. The fraction of sp³-hybridized carbons (Fsp3) is 0.571. The van der Waals surface area contributed by atoms with Crippen molar-refractivity contribution in [3.63, 3.8) is 0 Å². The lowest BCUT2D eigenvalue weighted by atomic mass is 10.2. The zero-order valence-corrected chi connectivity index (χ0v) is 13.4. The molecular weight excluding hydrogens is 292 g/mol. The first kappa shape index (κ1) is 16.1. The molecule has 1 saturated heterocycles. The van der Waals surface area contributed by atoms with Crippen LogP contribution >= 0.6 is 0 Å². The number of nitrogens with zero attached hydrogens (tertiary/aromatic N) is 1. The minimum atomic E-state index is -3.64. The van der Waals surface area contributed by atoms with Crippen LogP contribution in [0, 0.1) is 6.92 Å². The van der Waals surface area contributed by atoms with E-state index in [9.17, 15) is 8.42 Å². The number of sulfonamides is 1. The topological polar surface area (TPSA) is 81.9 Å². The molecule has 0 aromatic heterocycles. The minimum absolute atomic E-state index is 0.0673. The Labute approximate surface area is 125 Å². The van der Waals surface area contributed by atoms with Crippen LogP contribution in [0.5, 0.6) is 5.75 Å². The van der Waals surface area contributed by atoms with Gasteiger partial charge in [-0.3, -0.25) is 0 Å². The quantitative estimate of drug-likeness (QED) is 0.849. The van der Waals surface area contributed by atoms with E-state index >= 15 is 0 Å². The second-order valence-electron chi connectivity index (χ2n) is 5.12. The van der Waals surface area contributed by atoms with E-state index in [1.54, 1.807) is 6.07 Å². The monoisotopic (exact) mass is 314 g/mol. The van der Waals surface area contributed by atoms with Gasteiger partial charge in [-0.1, -0.05) is 6.92 Å². The molecule has 7 heteroatoms. The standard InChI is InChI=1S/C14H22N2O4S/c1-4-11-9-16(5-6-20-11)21(17,18)14-8-12(15)10(2)7-13(14)19-3/h7-8,11H,4-6,9,15H2,1-3H3. The highest BCUT2D eigenvalue weighted by molar-refractivity contribution is 7.89. The molecule has 1 aromatic carbocycles.